The molecule has 6 nitrogen and oxygen atoms in total. The molecule has 0 unspecified atom stereocenters. The van der Waals surface area contributed by atoms with E-state index in [2.05, 4.69) is 11.9 Å². The van der Waals surface area contributed by atoms with Crippen molar-refractivity contribution in [1.29, 1.82) is 0 Å². The maximum absolute atomic E-state index is 12.9. The number of carbonyl (C=O) groups excluding carboxylic acids is 1. The number of para-hydroxylation sites is 2. The van der Waals surface area contributed by atoms with Crippen molar-refractivity contribution in [3.05, 3.63) is 34.7 Å². The molecule has 0 bridgehead atoms. The predicted molar refractivity (Wildman–Crippen MR) is 95.6 cm³/mol. The van der Waals surface area contributed by atoms with Crippen molar-refractivity contribution >= 4 is 16.9 Å². The zero-order valence-electron chi connectivity index (χ0n) is 14.7. The van der Waals surface area contributed by atoms with E-state index in [1.165, 1.54) is 0 Å². The number of aromatic nitrogens is 2. The van der Waals surface area contributed by atoms with Crippen LogP contribution in [0.2, 0.25) is 0 Å². The van der Waals surface area contributed by atoms with Crippen molar-refractivity contribution in [2.75, 3.05) is 26.3 Å². The molecule has 3 heterocycles. The van der Waals surface area contributed by atoms with Gasteiger partial charge in [-0.1, -0.05) is 19.1 Å². The molecule has 1 aromatic carbocycles. The van der Waals surface area contributed by atoms with Gasteiger partial charge in [-0.05, 0) is 37.8 Å². The zero-order chi connectivity index (χ0) is 17.4. The largest absolute Gasteiger partial charge is 0.381 e. The standard InChI is InChI=1S/C19H25N3O3/c1-19(8-12-25-13-9-19)17(23)21-10-6-14(7-11-21)22-16-5-3-2-4-15(16)20-18(22)24/h2-5,14H,6-13H2,1H3,(H,20,24). The van der Waals surface area contributed by atoms with Gasteiger partial charge in [0.2, 0.25) is 5.91 Å². The third-order valence-electron chi connectivity index (χ3n) is 5.85. The molecule has 0 saturated carbocycles. The molecule has 0 aliphatic carbocycles. The van der Waals surface area contributed by atoms with Crippen LogP contribution in [0.1, 0.15) is 38.6 Å². The smallest absolute Gasteiger partial charge is 0.326 e. The summed E-state index contributed by atoms with van der Waals surface area (Å²) in [6.07, 6.45) is 3.24. The molecule has 25 heavy (non-hydrogen) atoms. The lowest BCUT2D eigenvalue weighted by Gasteiger charge is -2.40. The Hall–Kier alpha value is -2.08. The Bertz CT molecular complexity index is 824. The number of fused-ring (bicyclic) bond motifs is 1. The first-order chi connectivity index (χ1) is 12.1. The Kier molecular flexibility index (Phi) is 4.15. The first-order valence-electron chi connectivity index (χ1n) is 9.15. The summed E-state index contributed by atoms with van der Waals surface area (Å²) in [7, 11) is 0. The number of nitrogens with one attached hydrogen (secondary N) is 1. The van der Waals surface area contributed by atoms with Crippen LogP contribution < -0.4 is 5.69 Å². The van der Waals surface area contributed by atoms with Crippen LogP contribution >= 0.6 is 0 Å². The fraction of sp³-hybridized carbons (Fsp3) is 0.579. The quantitative estimate of drug-likeness (QED) is 0.910. The average molecular weight is 343 g/mol. The van der Waals surface area contributed by atoms with Crippen molar-refractivity contribution in [2.24, 2.45) is 5.41 Å². The van der Waals surface area contributed by atoms with E-state index >= 15 is 0 Å². The Labute approximate surface area is 146 Å². The van der Waals surface area contributed by atoms with Crippen LogP contribution in [-0.4, -0.2) is 46.7 Å². The summed E-state index contributed by atoms with van der Waals surface area (Å²) in [5.41, 5.74) is 1.49. The van der Waals surface area contributed by atoms with Crippen LogP contribution in [0.4, 0.5) is 0 Å². The maximum atomic E-state index is 12.9. The molecule has 4 rings (SSSR count). The molecule has 1 aromatic heterocycles. The molecule has 0 atom stereocenters. The number of benzene rings is 1. The zero-order valence-corrected chi connectivity index (χ0v) is 14.7. The molecule has 1 amide bonds. The summed E-state index contributed by atoms with van der Waals surface area (Å²) in [6, 6.07) is 7.94. The number of piperidine rings is 1. The topological polar surface area (TPSA) is 67.3 Å². The first-order valence-corrected chi connectivity index (χ1v) is 9.15. The van der Waals surface area contributed by atoms with Crippen molar-refractivity contribution < 1.29 is 9.53 Å². The number of carbonyl (C=O) groups is 1. The number of ether oxygens (including phenoxy) is 1. The van der Waals surface area contributed by atoms with Crippen LogP contribution in [0, 0.1) is 5.41 Å². The van der Waals surface area contributed by atoms with Crippen molar-refractivity contribution in [3.63, 3.8) is 0 Å². The highest BCUT2D eigenvalue weighted by Gasteiger charge is 2.39. The van der Waals surface area contributed by atoms with Crippen molar-refractivity contribution in [1.82, 2.24) is 14.5 Å². The normalized spacial score (nSPS) is 21.6. The van der Waals surface area contributed by atoms with Gasteiger partial charge in [0.25, 0.3) is 0 Å². The lowest BCUT2D eigenvalue weighted by molar-refractivity contribution is -0.147. The number of likely N-dealkylation sites (tertiary alicyclic amines) is 1. The van der Waals surface area contributed by atoms with Crippen molar-refractivity contribution in [2.45, 2.75) is 38.6 Å². The monoisotopic (exact) mass is 343 g/mol. The average Bonchev–Trinajstić information content (AvgIpc) is 2.97. The van der Waals surface area contributed by atoms with E-state index in [0.717, 1.165) is 36.7 Å². The van der Waals surface area contributed by atoms with Gasteiger partial charge in [-0.15, -0.1) is 0 Å². The molecule has 2 saturated heterocycles. The van der Waals surface area contributed by atoms with Crippen LogP contribution in [-0.2, 0) is 9.53 Å². The van der Waals surface area contributed by atoms with Gasteiger partial charge in [0.05, 0.1) is 16.4 Å². The summed E-state index contributed by atoms with van der Waals surface area (Å²) in [5, 5.41) is 0. The highest BCUT2D eigenvalue weighted by Crippen LogP contribution is 2.34. The summed E-state index contributed by atoms with van der Waals surface area (Å²) >= 11 is 0. The number of nitrogens with zero attached hydrogens (tertiary/aromatic N) is 2. The fourth-order valence-corrected chi connectivity index (χ4v) is 4.18. The van der Waals surface area contributed by atoms with Crippen LogP contribution in [0.3, 0.4) is 0 Å². The molecule has 6 heteroatoms. The molecule has 0 spiro atoms. The number of amides is 1. The number of H-pyrrole nitrogens is 1. The number of aromatic amines is 1. The van der Waals surface area contributed by atoms with E-state index in [1.807, 2.05) is 33.7 Å². The minimum atomic E-state index is -0.289. The molecule has 2 fully saturated rings. The molecule has 2 aliphatic heterocycles. The number of hydrogen-bond acceptors (Lipinski definition) is 3. The van der Waals surface area contributed by atoms with Crippen LogP contribution in [0.15, 0.2) is 29.1 Å². The lowest BCUT2D eigenvalue weighted by atomic mass is 9.80. The minimum absolute atomic E-state index is 0.0534. The Morgan fingerprint density at radius 2 is 1.88 bits per heavy atom. The van der Waals surface area contributed by atoms with Gasteiger partial charge in [0.15, 0.2) is 0 Å². The van der Waals surface area contributed by atoms with Gasteiger partial charge < -0.3 is 14.6 Å². The highest BCUT2D eigenvalue weighted by molar-refractivity contribution is 5.82. The molecule has 2 aromatic rings. The minimum Gasteiger partial charge on any atom is -0.381 e. The van der Waals surface area contributed by atoms with Gasteiger partial charge in [0.1, 0.15) is 0 Å². The second-order valence-electron chi connectivity index (χ2n) is 7.51. The third kappa shape index (κ3) is 2.88. The van der Waals surface area contributed by atoms with Crippen LogP contribution in [0.5, 0.6) is 0 Å². The van der Waals surface area contributed by atoms with Gasteiger partial charge in [-0.2, -0.15) is 0 Å². The maximum Gasteiger partial charge on any atom is 0.326 e. The third-order valence-corrected chi connectivity index (χ3v) is 5.85. The van der Waals surface area contributed by atoms with Gasteiger partial charge in [-0.3, -0.25) is 9.36 Å². The molecular weight excluding hydrogens is 318 g/mol. The number of rotatable bonds is 2. The first kappa shape index (κ1) is 16.4. The molecule has 0 radical (unpaired) electrons. The van der Waals surface area contributed by atoms with Gasteiger partial charge in [-0.25, -0.2) is 4.79 Å². The second-order valence-corrected chi connectivity index (χ2v) is 7.51. The van der Waals surface area contributed by atoms with E-state index in [0.29, 0.717) is 26.3 Å². The predicted octanol–water partition coefficient (Wildman–Crippen LogP) is 2.31. The molecule has 1 N–H and O–H groups in total. The summed E-state index contributed by atoms with van der Waals surface area (Å²) < 4.78 is 7.28. The lowest BCUT2D eigenvalue weighted by Crippen LogP contribution is -2.48. The SMILES string of the molecule is CC1(C(=O)N2CCC(n3c(=O)[nH]c4ccccc43)CC2)CCOCC1. The highest BCUT2D eigenvalue weighted by atomic mass is 16.5. The fourth-order valence-electron chi connectivity index (χ4n) is 4.18. The van der Waals surface area contributed by atoms with Gasteiger partial charge >= 0.3 is 5.69 Å². The van der Waals surface area contributed by atoms with E-state index in [-0.39, 0.29) is 23.1 Å². The van der Waals surface area contributed by atoms with Crippen molar-refractivity contribution in [3.8, 4) is 0 Å². The molecular formula is C19H25N3O3. The molecule has 2 aliphatic rings. The Balaban J connectivity index is 1.49. The van der Waals surface area contributed by atoms with E-state index in [1.54, 1.807) is 0 Å². The summed E-state index contributed by atoms with van der Waals surface area (Å²) in [6.45, 7) is 4.83. The van der Waals surface area contributed by atoms with Crippen LogP contribution in [0.25, 0.3) is 11.0 Å². The van der Waals surface area contributed by atoms with E-state index in [4.69, 9.17) is 4.74 Å². The molecule has 134 valence electrons. The number of imidazole rings is 1. The Morgan fingerprint density at radius 3 is 2.60 bits per heavy atom. The second kappa shape index (κ2) is 6.33. The number of hydrogen-bond donors (Lipinski definition) is 1. The summed E-state index contributed by atoms with van der Waals surface area (Å²) in [4.78, 5) is 30.2. The van der Waals surface area contributed by atoms with E-state index < -0.39 is 0 Å². The summed E-state index contributed by atoms with van der Waals surface area (Å²) in [5.74, 6) is 0.250. The van der Waals surface area contributed by atoms with E-state index in [9.17, 15) is 9.59 Å². The Morgan fingerprint density at radius 1 is 1.20 bits per heavy atom. The van der Waals surface area contributed by atoms with Gasteiger partial charge in [0, 0.05) is 32.3 Å².